The van der Waals surface area contributed by atoms with Crippen molar-refractivity contribution in [3.8, 4) is 0 Å². The molecule has 7 heteroatoms. The predicted molar refractivity (Wildman–Crippen MR) is 75.2 cm³/mol. The molecule has 2 rings (SSSR count). The number of aromatic carboxylic acids is 1. The maximum Gasteiger partial charge on any atom is 0.346 e. The average Bonchev–Trinajstić information content (AvgIpc) is 2.71. The number of carboxylic acids is 1. The first-order chi connectivity index (χ1) is 8.95. The van der Waals surface area contributed by atoms with Gasteiger partial charge in [0.05, 0.1) is 11.7 Å². The highest BCUT2D eigenvalue weighted by Gasteiger charge is 2.18. The largest absolute Gasteiger partial charge is 0.477 e. The predicted octanol–water partition coefficient (Wildman–Crippen LogP) is 2.61. The number of rotatable bonds is 3. The number of hydrogen-bond acceptors (Lipinski definition) is 4. The van der Waals surface area contributed by atoms with Crippen LogP contribution in [0.2, 0.25) is 0 Å². The fraction of sp³-hybridized carbons (Fsp3) is 0.250. The van der Waals surface area contributed by atoms with Crippen LogP contribution in [0.15, 0.2) is 22.2 Å². The molecule has 0 bridgehead atoms. The first-order valence-corrected chi connectivity index (χ1v) is 6.68. The Balaban J connectivity index is 2.68. The lowest BCUT2D eigenvalue weighted by Gasteiger charge is -2.04. The number of nitrogens with zero attached hydrogens (tertiary/aromatic N) is 2. The third kappa shape index (κ3) is 2.41. The summed E-state index contributed by atoms with van der Waals surface area (Å²) in [4.78, 5) is 28.1. The van der Waals surface area contributed by atoms with Crippen molar-refractivity contribution >= 4 is 39.1 Å². The number of aromatic nitrogens is 2. The molecule has 19 heavy (non-hydrogen) atoms. The molecule has 2 aromatic rings. The van der Waals surface area contributed by atoms with Crippen LogP contribution in [-0.4, -0.2) is 20.6 Å². The van der Waals surface area contributed by atoms with E-state index in [0.717, 1.165) is 16.9 Å². The number of halogens is 1. The van der Waals surface area contributed by atoms with Gasteiger partial charge in [0, 0.05) is 12.1 Å². The topological polar surface area (TPSA) is 72.2 Å². The summed E-state index contributed by atoms with van der Waals surface area (Å²) in [5.74, 6) is -1.04. The zero-order valence-corrected chi connectivity index (χ0v) is 11.9. The van der Waals surface area contributed by atoms with Crippen molar-refractivity contribution in [1.82, 2.24) is 9.55 Å². The van der Waals surface area contributed by atoms with E-state index in [9.17, 15) is 9.59 Å². The highest BCUT2D eigenvalue weighted by Crippen LogP contribution is 2.26. The molecule has 0 aromatic carbocycles. The highest BCUT2D eigenvalue weighted by molar-refractivity contribution is 7.20. The van der Waals surface area contributed by atoms with Gasteiger partial charge in [-0.15, -0.1) is 11.3 Å². The van der Waals surface area contributed by atoms with E-state index in [1.54, 1.807) is 13.8 Å². The summed E-state index contributed by atoms with van der Waals surface area (Å²) in [5.41, 5.74) is 2.44. The van der Waals surface area contributed by atoms with Crippen molar-refractivity contribution < 1.29 is 9.90 Å². The fourth-order valence-corrected chi connectivity index (χ4v) is 2.83. The summed E-state index contributed by atoms with van der Waals surface area (Å²) >= 11 is 6.59. The molecule has 0 saturated carbocycles. The van der Waals surface area contributed by atoms with E-state index >= 15 is 0 Å². The van der Waals surface area contributed by atoms with Crippen molar-refractivity contribution in [3.05, 3.63) is 38.2 Å². The molecule has 0 saturated heterocycles. The van der Waals surface area contributed by atoms with Gasteiger partial charge in [-0.1, -0.05) is 11.6 Å². The van der Waals surface area contributed by atoms with E-state index in [4.69, 9.17) is 16.7 Å². The van der Waals surface area contributed by atoms with Gasteiger partial charge < -0.3 is 5.11 Å². The van der Waals surface area contributed by atoms with Gasteiger partial charge >= 0.3 is 5.97 Å². The lowest BCUT2D eigenvalue weighted by atomic mass is 10.2. The Morgan fingerprint density at radius 1 is 1.63 bits per heavy atom. The first-order valence-electron chi connectivity index (χ1n) is 5.43. The van der Waals surface area contributed by atoms with Gasteiger partial charge in [-0.25, -0.2) is 9.78 Å². The summed E-state index contributed by atoms with van der Waals surface area (Å²) in [6, 6.07) is 0. The van der Waals surface area contributed by atoms with Crippen LogP contribution in [0.3, 0.4) is 0 Å². The number of aryl methyl sites for hydroxylation is 1. The maximum atomic E-state index is 12.3. The van der Waals surface area contributed by atoms with Crippen LogP contribution in [0.5, 0.6) is 0 Å². The molecule has 5 nitrogen and oxygen atoms in total. The van der Waals surface area contributed by atoms with E-state index in [0.29, 0.717) is 22.3 Å². The number of carbonyl (C=O) groups is 1. The molecule has 0 fully saturated rings. The molecule has 0 radical (unpaired) electrons. The van der Waals surface area contributed by atoms with E-state index in [1.165, 1.54) is 16.4 Å². The third-order valence-corrected chi connectivity index (χ3v) is 4.28. The van der Waals surface area contributed by atoms with Crippen molar-refractivity contribution in [2.45, 2.75) is 20.4 Å². The van der Waals surface area contributed by atoms with Crippen molar-refractivity contribution in [2.75, 3.05) is 0 Å². The fourth-order valence-electron chi connectivity index (χ4n) is 1.78. The molecule has 0 aliphatic heterocycles. The molecule has 0 aliphatic carbocycles. The summed E-state index contributed by atoms with van der Waals surface area (Å²) in [6.07, 6.45) is 1.41. The second-order valence-electron chi connectivity index (χ2n) is 4.17. The van der Waals surface area contributed by atoms with E-state index in [-0.39, 0.29) is 10.4 Å². The molecule has 0 spiro atoms. The lowest BCUT2D eigenvalue weighted by Crippen LogP contribution is -2.21. The second-order valence-corrected chi connectivity index (χ2v) is 5.39. The van der Waals surface area contributed by atoms with E-state index in [2.05, 4.69) is 4.98 Å². The average molecular weight is 299 g/mol. The van der Waals surface area contributed by atoms with E-state index < -0.39 is 5.97 Å². The monoisotopic (exact) mass is 298 g/mol. The normalized spacial score (nSPS) is 12.1. The molecule has 0 unspecified atom stereocenters. The smallest absolute Gasteiger partial charge is 0.346 e. The Kier molecular flexibility index (Phi) is 3.73. The lowest BCUT2D eigenvalue weighted by molar-refractivity contribution is 0.0701. The second kappa shape index (κ2) is 5.14. The Bertz CT molecular complexity index is 745. The molecule has 100 valence electrons. The molecule has 0 aliphatic rings. The minimum Gasteiger partial charge on any atom is -0.477 e. The van der Waals surface area contributed by atoms with Gasteiger partial charge in [-0.3, -0.25) is 9.36 Å². The van der Waals surface area contributed by atoms with Gasteiger partial charge in [0.1, 0.15) is 9.71 Å². The number of carboxylic acid groups (broad SMARTS) is 1. The molecule has 0 amide bonds. The van der Waals surface area contributed by atoms with Gasteiger partial charge in [-0.2, -0.15) is 0 Å². The Hall–Kier alpha value is -1.66. The van der Waals surface area contributed by atoms with Crippen molar-refractivity contribution in [1.29, 1.82) is 0 Å². The van der Waals surface area contributed by atoms with Crippen molar-refractivity contribution in [2.24, 2.45) is 0 Å². The number of allylic oxidation sites excluding steroid dienone is 1. The quantitative estimate of drug-likeness (QED) is 0.945. The highest BCUT2D eigenvalue weighted by atomic mass is 35.5. The van der Waals surface area contributed by atoms with Crippen LogP contribution in [-0.2, 0) is 6.54 Å². The van der Waals surface area contributed by atoms with Crippen LogP contribution in [0, 0.1) is 6.92 Å². The summed E-state index contributed by atoms with van der Waals surface area (Å²) in [6.45, 7) is 3.76. The molecular formula is C12H11ClN2O3S. The zero-order valence-electron chi connectivity index (χ0n) is 10.3. The zero-order chi connectivity index (χ0) is 14.2. The SMILES string of the molecule is CC(=CCl)Cn1cnc2sc(C(=O)O)c(C)c2c1=O. The number of hydrogen-bond donors (Lipinski definition) is 1. The summed E-state index contributed by atoms with van der Waals surface area (Å²) in [5, 5.41) is 9.43. The molecule has 2 aromatic heterocycles. The summed E-state index contributed by atoms with van der Waals surface area (Å²) < 4.78 is 1.42. The van der Waals surface area contributed by atoms with Crippen LogP contribution in [0.25, 0.3) is 10.2 Å². The standard InChI is InChI=1S/C12H11ClN2O3S/c1-6(3-13)4-15-5-14-10-8(11(15)16)7(2)9(19-10)12(17)18/h3,5H,4H2,1-2H3,(H,17,18). The minimum absolute atomic E-state index is 0.155. The third-order valence-electron chi connectivity index (χ3n) is 2.72. The maximum absolute atomic E-state index is 12.3. The van der Waals surface area contributed by atoms with Gasteiger partial charge in [0.15, 0.2) is 0 Å². The minimum atomic E-state index is -1.04. The number of fused-ring (bicyclic) bond motifs is 1. The Morgan fingerprint density at radius 3 is 2.89 bits per heavy atom. The Morgan fingerprint density at radius 2 is 2.32 bits per heavy atom. The van der Waals surface area contributed by atoms with Crippen LogP contribution in [0.1, 0.15) is 22.2 Å². The first kappa shape index (κ1) is 13.8. The van der Waals surface area contributed by atoms with Crippen LogP contribution < -0.4 is 5.56 Å². The molecule has 2 heterocycles. The summed E-state index contributed by atoms with van der Waals surface area (Å²) in [7, 11) is 0. The van der Waals surface area contributed by atoms with Gasteiger partial charge in [0.2, 0.25) is 0 Å². The van der Waals surface area contributed by atoms with Crippen LogP contribution in [0.4, 0.5) is 0 Å². The molecular weight excluding hydrogens is 288 g/mol. The van der Waals surface area contributed by atoms with Gasteiger partial charge in [0.25, 0.3) is 5.56 Å². The van der Waals surface area contributed by atoms with Crippen molar-refractivity contribution in [3.63, 3.8) is 0 Å². The van der Waals surface area contributed by atoms with E-state index in [1.807, 2.05) is 0 Å². The Labute approximate surface area is 117 Å². The number of thiophene rings is 1. The molecule has 1 N–H and O–H groups in total. The van der Waals surface area contributed by atoms with Crippen LogP contribution >= 0.6 is 22.9 Å². The molecule has 0 atom stereocenters. The van der Waals surface area contributed by atoms with Gasteiger partial charge in [-0.05, 0) is 25.0 Å².